The zero-order valence-corrected chi connectivity index (χ0v) is 11.7. The summed E-state index contributed by atoms with van der Waals surface area (Å²) in [6.07, 6.45) is 2.77. The van der Waals surface area contributed by atoms with Gasteiger partial charge in [0, 0.05) is 30.5 Å². The van der Waals surface area contributed by atoms with Gasteiger partial charge in [0.25, 0.3) is 0 Å². The highest BCUT2D eigenvalue weighted by Crippen LogP contribution is 2.17. The first kappa shape index (κ1) is 14.7. The van der Waals surface area contributed by atoms with E-state index in [1.807, 2.05) is 30.8 Å². The monoisotopic (exact) mass is 277 g/mol. The minimum Gasteiger partial charge on any atom is -0.387 e. The minimum absolute atomic E-state index is 0.108. The third-order valence-electron chi connectivity index (χ3n) is 3.56. The van der Waals surface area contributed by atoms with Crippen LogP contribution in [-0.4, -0.2) is 27.5 Å². The Morgan fingerprint density at radius 1 is 1.30 bits per heavy atom. The van der Waals surface area contributed by atoms with Gasteiger partial charge in [0.2, 0.25) is 0 Å². The number of benzene rings is 1. The lowest BCUT2D eigenvalue weighted by Crippen LogP contribution is -2.36. The molecule has 0 aliphatic carbocycles. The Morgan fingerprint density at radius 2 is 2.05 bits per heavy atom. The summed E-state index contributed by atoms with van der Waals surface area (Å²) < 4.78 is 15.4. The number of aliphatic hydroxyl groups excluding tert-OH is 1. The molecule has 20 heavy (non-hydrogen) atoms. The van der Waals surface area contributed by atoms with E-state index >= 15 is 0 Å². The molecule has 0 radical (unpaired) electrons. The second-order valence-corrected chi connectivity index (χ2v) is 4.96. The van der Waals surface area contributed by atoms with Crippen molar-refractivity contribution < 1.29 is 9.50 Å². The molecule has 2 N–H and O–H groups in total. The van der Waals surface area contributed by atoms with E-state index in [1.54, 1.807) is 24.4 Å². The average molecular weight is 277 g/mol. The molecule has 3 atom stereocenters. The Balaban J connectivity index is 1.90. The van der Waals surface area contributed by atoms with Crippen LogP contribution in [0.5, 0.6) is 0 Å². The molecule has 0 bridgehead atoms. The van der Waals surface area contributed by atoms with Crippen molar-refractivity contribution in [3.63, 3.8) is 0 Å². The Bertz CT molecular complexity index is 530. The summed E-state index contributed by atoms with van der Waals surface area (Å²) in [5.41, 5.74) is 0.318. The van der Waals surface area contributed by atoms with E-state index in [9.17, 15) is 9.50 Å². The molecule has 108 valence electrons. The van der Waals surface area contributed by atoms with E-state index in [2.05, 4.69) is 10.4 Å². The van der Waals surface area contributed by atoms with E-state index < -0.39 is 6.10 Å². The number of aliphatic hydroxyl groups is 1. The molecular formula is C15H20FN3O. The first-order valence-corrected chi connectivity index (χ1v) is 6.74. The van der Waals surface area contributed by atoms with Crippen molar-refractivity contribution in [1.82, 2.24) is 15.1 Å². The van der Waals surface area contributed by atoms with Gasteiger partial charge in [0.05, 0.1) is 12.1 Å². The fourth-order valence-electron chi connectivity index (χ4n) is 2.07. The zero-order valence-electron chi connectivity index (χ0n) is 11.7. The molecule has 5 heteroatoms. The Hall–Kier alpha value is -1.72. The molecule has 1 heterocycles. The molecule has 0 spiro atoms. The van der Waals surface area contributed by atoms with Crippen molar-refractivity contribution in [1.29, 1.82) is 0 Å². The molecule has 0 fully saturated rings. The van der Waals surface area contributed by atoms with Gasteiger partial charge in [-0.25, -0.2) is 4.39 Å². The van der Waals surface area contributed by atoms with E-state index in [4.69, 9.17) is 0 Å². The topological polar surface area (TPSA) is 50.1 Å². The van der Waals surface area contributed by atoms with Crippen molar-refractivity contribution in [2.24, 2.45) is 0 Å². The summed E-state index contributed by atoms with van der Waals surface area (Å²) in [7, 11) is 0. The second kappa shape index (κ2) is 6.63. The maximum Gasteiger partial charge on any atom is 0.129 e. The predicted molar refractivity (Wildman–Crippen MR) is 75.8 cm³/mol. The van der Waals surface area contributed by atoms with Gasteiger partial charge in [-0.15, -0.1) is 0 Å². The van der Waals surface area contributed by atoms with Crippen molar-refractivity contribution in [2.75, 3.05) is 6.54 Å². The summed E-state index contributed by atoms with van der Waals surface area (Å²) in [5, 5.41) is 17.4. The molecule has 0 saturated carbocycles. The molecular weight excluding hydrogens is 257 g/mol. The van der Waals surface area contributed by atoms with Gasteiger partial charge >= 0.3 is 0 Å². The highest BCUT2D eigenvalue weighted by molar-refractivity contribution is 5.20. The summed E-state index contributed by atoms with van der Waals surface area (Å²) in [4.78, 5) is 0. The number of hydrogen-bond acceptors (Lipinski definition) is 3. The van der Waals surface area contributed by atoms with E-state index in [0.717, 1.165) is 0 Å². The molecule has 2 rings (SSSR count). The van der Waals surface area contributed by atoms with Gasteiger partial charge in [-0.2, -0.15) is 5.10 Å². The van der Waals surface area contributed by atoms with Crippen LogP contribution in [0.1, 0.15) is 31.6 Å². The fourth-order valence-corrected chi connectivity index (χ4v) is 2.07. The molecule has 0 saturated heterocycles. The molecule has 0 aliphatic rings. The van der Waals surface area contributed by atoms with Gasteiger partial charge < -0.3 is 10.4 Å². The van der Waals surface area contributed by atoms with Crippen molar-refractivity contribution in [3.8, 4) is 0 Å². The lowest BCUT2D eigenvalue weighted by molar-refractivity contribution is 0.161. The highest BCUT2D eigenvalue weighted by atomic mass is 19.1. The lowest BCUT2D eigenvalue weighted by Gasteiger charge is -2.23. The van der Waals surface area contributed by atoms with Crippen molar-refractivity contribution >= 4 is 0 Å². The summed E-state index contributed by atoms with van der Waals surface area (Å²) in [6.45, 7) is 4.36. The van der Waals surface area contributed by atoms with E-state index in [0.29, 0.717) is 12.1 Å². The molecule has 0 aliphatic heterocycles. The van der Waals surface area contributed by atoms with Crippen LogP contribution in [0.15, 0.2) is 42.7 Å². The van der Waals surface area contributed by atoms with E-state index in [-0.39, 0.29) is 17.9 Å². The maximum absolute atomic E-state index is 13.5. The normalized spacial score (nSPS) is 15.8. The average Bonchev–Trinajstić information content (AvgIpc) is 2.98. The van der Waals surface area contributed by atoms with Gasteiger partial charge in [0.15, 0.2) is 0 Å². The standard InChI is InChI=1S/C15H20FN3O/c1-11(12(2)19-9-5-8-18-19)17-10-15(20)13-6-3-4-7-14(13)16/h3-9,11-12,15,17,20H,10H2,1-2H3/t11-,12+,15+/m0/s1. The summed E-state index contributed by atoms with van der Waals surface area (Å²) in [6, 6.07) is 8.42. The largest absolute Gasteiger partial charge is 0.387 e. The van der Waals surface area contributed by atoms with Crippen LogP contribution in [0.2, 0.25) is 0 Å². The molecule has 0 unspecified atom stereocenters. The van der Waals surface area contributed by atoms with Crippen molar-refractivity contribution in [3.05, 3.63) is 54.1 Å². The second-order valence-electron chi connectivity index (χ2n) is 4.96. The third-order valence-corrected chi connectivity index (χ3v) is 3.56. The molecule has 1 aromatic heterocycles. The quantitative estimate of drug-likeness (QED) is 0.852. The first-order chi connectivity index (χ1) is 9.59. The number of hydrogen-bond donors (Lipinski definition) is 2. The summed E-state index contributed by atoms with van der Waals surface area (Å²) >= 11 is 0. The van der Waals surface area contributed by atoms with Crippen LogP contribution in [-0.2, 0) is 0 Å². The molecule has 1 aromatic carbocycles. The van der Waals surface area contributed by atoms with Crippen LogP contribution >= 0.6 is 0 Å². The molecule has 2 aromatic rings. The van der Waals surface area contributed by atoms with Crippen molar-refractivity contribution in [2.45, 2.75) is 32.0 Å². The smallest absolute Gasteiger partial charge is 0.129 e. The predicted octanol–water partition coefficient (Wildman–Crippen LogP) is 2.29. The van der Waals surface area contributed by atoms with E-state index in [1.165, 1.54) is 6.07 Å². The van der Waals surface area contributed by atoms with Crippen LogP contribution in [0.25, 0.3) is 0 Å². The van der Waals surface area contributed by atoms with Crippen LogP contribution in [0.3, 0.4) is 0 Å². The zero-order chi connectivity index (χ0) is 14.5. The number of nitrogens with zero attached hydrogens (tertiary/aromatic N) is 2. The SMILES string of the molecule is C[C@H](NC[C@@H](O)c1ccccc1F)[C@@H](C)n1cccn1. The van der Waals surface area contributed by atoms with Gasteiger partial charge in [-0.1, -0.05) is 18.2 Å². The van der Waals surface area contributed by atoms with Crippen LogP contribution in [0, 0.1) is 5.82 Å². The number of rotatable bonds is 6. The molecule has 0 amide bonds. The minimum atomic E-state index is -0.858. The highest BCUT2D eigenvalue weighted by Gasteiger charge is 2.17. The Labute approximate surface area is 118 Å². The molecule has 4 nitrogen and oxygen atoms in total. The van der Waals surface area contributed by atoms with Gasteiger partial charge in [-0.3, -0.25) is 4.68 Å². The Morgan fingerprint density at radius 3 is 2.70 bits per heavy atom. The summed E-state index contributed by atoms with van der Waals surface area (Å²) in [5.74, 6) is -0.380. The number of halogens is 1. The van der Waals surface area contributed by atoms with Crippen LogP contribution < -0.4 is 5.32 Å². The maximum atomic E-state index is 13.5. The first-order valence-electron chi connectivity index (χ1n) is 6.74. The Kier molecular flexibility index (Phi) is 4.87. The number of nitrogens with one attached hydrogen (secondary N) is 1. The van der Waals surface area contributed by atoms with Gasteiger partial charge in [0.1, 0.15) is 5.82 Å². The van der Waals surface area contributed by atoms with Gasteiger partial charge in [-0.05, 0) is 26.0 Å². The fraction of sp³-hybridized carbons (Fsp3) is 0.400. The lowest BCUT2D eigenvalue weighted by atomic mass is 10.1. The number of aromatic nitrogens is 2. The van der Waals surface area contributed by atoms with Crippen LogP contribution in [0.4, 0.5) is 4.39 Å². The third kappa shape index (κ3) is 3.43.